The maximum absolute atomic E-state index is 15.0. The number of aromatic nitrogens is 4. The second-order valence-corrected chi connectivity index (χ2v) is 17.9. The quantitative estimate of drug-likeness (QED) is 0.170. The molecule has 0 aliphatic heterocycles. The van der Waals surface area contributed by atoms with Gasteiger partial charge in [0.2, 0.25) is 0 Å². The number of halogens is 3. The van der Waals surface area contributed by atoms with Gasteiger partial charge in [-0.2, -0.15) is 18.4 Å². The minimum atomic E-state index is -4.67. The van der Waals surface area contributed by atoms with Gasteiger partial charge in [-0.15, -0.1) is 0 Å². The van der Waals surface area contributed by atoms with Gasteiger partial charge in [0.25, 0.3) is 0 Å². The molecule has 4 heterocycles. The molecule has 0 N–H and O–H groups in total. The van der Waals surface area contributed by atoms with Crippen LogP contribution in [-0.4, -0.2) is 18.3 Å². The molecule has 0 aliphatic rings. The Hall–Kier alpha value is -9.32. The first-order valence-electron chi connectivity index (χ1n) is 23.1. The van der Waals surface area contributed by atoms with Crippen molar-refractivity contribution in [3.8, 4) is 39.9 Å². The molecule has 8 heteroatoms. The maximum Gasteiger partial charge on any atom is 0.417 e. The minimum absolute atomic E-state index is 0.0631. The highest BCUT2D eigenvalue weighted by molar-refractivity contribution is 6.15. The van der Waals surface area contributed by atoms with E-state index in [1.54, 1.807) is 18.2 Å². The summed E-state index contributed by atoms with van der Waals surface area (Å²) in [6.45, 7) is 0. The van der Waals surface area contributed by atoms with Crippen molar-refractivity contribution in [3.63, 3.8) is 0 Å². The van der Waals surface area contributed by atoms with Crippen molar-refractivity contribution in [1.82, 2.24) is 18.3 Å². The fourth-order valence-electron chi connectivity index (χ4n) is 11.3. The Bertz CT molecular complexity index is 4450. The van der Waals surface area contributed by atoms with Gasteiger partial charge >= 0.3 is 6.18 Å². The zero-order valence-corrected chi connectivity index (χ0v) is 37.2. The summed E-state index contributed by atoms with van der Waals surface area (Å²) in [4.78, 5) is 0. The van der Waals surface area contributed by atoms with Gasteiger partial charge in [0, 0.05) is 60.0 Å². The topological polar surface area (TPSA) is 43.5 Å². The summed E-state index contributed by atoms with van der Waals surface area (Å²) in [6, 6.07) is 74.4. The largest absolute Gasteiger partial charge is 0.417 e. The fourth-order valence-corrected chi connectivity index (χ4v) is 11.3. The highest BCUT2D eigenvalue weighted by Crippen LogP contribution is 2.45. The number of hydrogen-bond acceptors (Lipinski definition) is 1. The van der Waals surface area contributed by atoms with Crippen molar-refractivity contribution in [2.45, 2.75) is 6.18 Å². The van der Waals surface area contributed by atoms with Crippen molar-refractivity contribution >= 4 is 87.2 Å². The Morgan fingerprint density at radius 1 is 0.314 bits per heavy atom. The molecule has 4 aromatic heterocycles. The SMILES string of the molecule is N#Cc1cc(-n2c3ccccc3c3cc(-n4c5ccccc5c5ccccc54)ccc32)c(-n2c3ccccc3c3cc(-n4c5ccccc5c5ccccc54)ccc32)cc1-c1ccccc1C(F)(F)F. The zero-order valence-electron chi connectivity index (χ0n) is 37.2. The van der Waals surface area contributed by atoms with E-state index < -0.39 is 11.7 Å². The van der Waals surface area contributed by atoms with Crippen LogP contribution < -0.4 is 0 Å². The molecule has 0 atom stereocenters. The van der Waals surface area contributed by atoms with E-state index in [0.29, 0.717) is 11.4 Å². The lowest BCUT2D eigenvalue weighted by atomic mass is 9.94. The zero-order chi connectivity index (χ0) is 46.8. The van der Waals surface area contributed by atoms with Crippen LogP contribution in [0.5, 0.6) is 0 Å². The Labute approximate surface area is 397 Å². The number of alkyl halides is 3. The second kappa shape index (κ2) is 14.8. The van der Waals surface area contributed by atoms with Gasteiger partial charge in [-0.3, -0.25) is 0 Å². The molecule has 0 radical (unpaired) electrons. The summed E-state index contributed by atoms with van der Waals surface area (Å²) >= 11 is 0. The highest BCUT2D eigenvalue weighted by atomic mass is 19.4. The van der Waals surface area contributed by atoms with Crippen LogP contribution in [0.25, 0.3) is 121 Å². The molecule has 0 bridgehead atoms. The summed E-state index contributed by atoms with van der Waals surface area (Å²) in [5.74, 6) is 0. The predicted octanol–water partition coefficient (Wildman–Crippen LogP) is 16.6. The number of para-hydroxylation sites is 6. The van der Waals surface area contributed by atoms with Gasteiger partial charge in [0.1, 0.15) is 0 Å². The molecule has 0 saturated carbocycles. The number of nitriles is 1. The summed E-state index contributed by atoms with van der Waals surface area (Å²) in [6.07, 6.45) is -4.67. The van der Waals surface area contributed by atoms with E-state index in [-0.39, 0.29) is 16.7 Å². The van der Waals surface area contributed by atoms with Crippen LogP contribution in [0.1, 0.15) is 11.1 Å². The number of benzene rings is 10. The van der Waals surface area contributed by atoms with Crippen LogP contribution in [-0.2, 0) is 6.18 Å². The van der Waals surface area contributed by atoms with E-state index >= 15 is 0 Å². The van der Waals surface area contributed by atoms with Gasteiger partial charge in [-0.25, -0.2) is 0 Å². The first kappa shape index (κ1) is 39.8. The average molecular weight is 908 g/mol. The smallest absolute Gasteiger partial charge is 0.309 e. The van der Waals surface area contributed by atoms with E-state index in [9.17, 15) is 18.4 Å². The van der Waals surface area contributed by atoms with Crippen LogP contribution in [0.15, 0.2) is 218 Å². The van der Waals surface area contributed by atoms with Gasteiger partial charge in [0.05, 0.1) is 72.7 Å². The van der Waals surface area contributed by atoms with E-state index in [2.05, 4.69) is 182 Å². The predicted molar refractivity (Wildman–Crippen MR) is 279 cm³/mol. The minimum Gasteiger partial charge on any atom is -0.309 e. The van der Waals surface area contributed by atoms with Crippen molar-refractivity contribution in [3.05, 3.63) is 230 Å². The summed E-state index contributed by atoms with van der Waals surface area (Å²) in [5, 5.41) is 19.6. The van der Waals surface area contributed by atoms with Crippen molar-refractivity contribution in [2.75, 3.05) is 0 Å². The molecule has 0 spiro atoms. The van der Waals surface area contributed by atoms with Crippen LogP contribution in [0.4, 0.5) is 13.2 Å². The van der Waals surface area contributed by atoms with Crippen LogP contribution >= 0.6 is 0 Å². The number of rotatable bonds is 5. The van der Waals surface area contributed by atoms with Crippen molar-refractivity contribution in [2.24, 2.45) is 0 Å². The molecule has 0 saturated heterocycles. The second-order valence-electron chi connectivity index (χ2n) is 17.9. The normalized spacial score (nSPS) is 12.2. The molecular formula is C62H36F3N5. The van der Waals surface area contributed by atoms with Crippen molar-refractivity contribution in [1.29, 1.82) is 5.26 Å². The monoisotopic (exact) mass is 907 g/mol. The standard InChI is InChI=1S/C62H36F3N5/c63-62(64,65)51-22-8-1-15-41(51)48-36-61(70-57-28-14-7-21-47(57)50-35-40(30-32-59(50)70)68-54-25-11-4-18-44(54)45-19-5-12-26-55(45)68)60(33-38(48)37-66)69-56-27-13-6-20-46(56)49-34-39(29-31-58(49)69)67-52-23-9-2-16-42(52)43-17-3-10-24-53(43)67/h1-36H. The number of fused-ring (bicyclic) bond motifs is 12. The number of hydrogen-bond donors (Lipinski definition) is 0. The molecule has 14 aromatic rings. The van der Waals surface area contributed by atoms with E-state index in [4.69, 9.17) is 0 Å². The molecule has 0 fully saturated rings. The lowest BCUT2D eigenvalue weighted by Crippen LogP contribution is -2.09. The molecule has 10 aromatic carbocycles. The third-order valence-corrected chi connectivity index (χ3v) is 14.2. The molecule has 70 heavy (non-hydrogen) atoms. The molecule has 0 unspecified atom stereocenters. The lowest BCUT2D eigenvalue weighted by Gasteiger charge is -2.21. The van der Waals surface area contributed by atoms with Gasteiger partial charge in [-0.1, -0.05) is 127 Å². The number of nitrogens with zero attached hydrogens (tertiary/aromatic N) is 5. The maximum atomic E-state index is 15.0. The Morgan fingerprint density at radius 3 is 1.04 bits per heavy atom. The van der Waals surface area contributed by atoms with Gasteiger partial charge in [-0.05, 0) is 96.6 Å². The molecular weight excluding hydrogens is 872 g/mol. The molecule has 5 nitrogen and oxygen atoms in total. The first-order chi connectivity index (χ1) is 34.4. The molecule has 0 aliphatic carbocycles. The third-order valence-electron chi connectivity index (χ3n) is 14.2. The van der Waals surface area contributed by atoms with Gasteiger partial charge < -0.3 is 18.3 Å². The Kier molecular flexibility index (Phi) is 8.44. The average Bonchev–Trinajstić information content (AvgIpc) is 4.13. The van der Waals surface area contributed by atoms with Crippen LogP contribution in [0.2, 0.25) is 0 Å². The first-order valence-corrected chi connectivity index (χ1v) is 23.1. The molecule has 0 amide bonds. The van der Waals surface area contributed by atoms with Crippen LogP contribution in [0.3, 0.4) is 0 Å². The van der Waals surface area contributed by atoms with E-state index in [1.807, 2.05) is 24.3 Å². The van der Waals surface area contributed by atoms with Gasteiger partial charge in [0.15, 0.2) is 0 Å². The van der Waals surface area contributed by atoms with E-state index in [1.165, 1.54) is 12.1 Å². The fraction of sp³-hybridized carbons (Fsp3) is 0.0161. The Morgan fingerprint density at radius 2 is 0.643 bits per heavy atom. The summed E-state index contributed by atoms with van der Waals surface area (Å²) < 4.78 is 53.8. The molecule has 14 rings (SSSR count). The van der Waals surface area contributed by atoms with Crippen molar-refractivity contribution < 1.29 is 13.2 Å². The Balaban J connectivity index is 1.08. The summed E-state index contributed by atoms with van der Waals surface area (Å²) in [5.41, 5.74) is 10.5. The molecule has 330 valence electrons. The van der Waals surface area contributed by atoms with Crippen LogP contribution in [0, 0.1) is 11.3 Å². The summed E-state index contributed by atoms with van der Waals surface area (Å²) in [7, 11) is 0. The third kappa shape index (κ3) is 5.66. The highest BCUT2D eigenvalue weighted by Gasteiger charge is 2.34. The lowest BCUT2D eigenvalue weighted by molar-refractivity contribution is -0.137. The van der Waals surface area contributed by atoms with E-state index in [0.717, 1.165) is 105 Å².